The summed E-state index contributed by atoms with van der Waals surface area (Å²) in [4.78, 5) is 0. The average molecular weight is 194 g/mol. The second-order valence-electron chi connectivity index (χ2n) is 4.15. The van der Waals surface area contributed by atoms with E-state index in [0.29, 0.717) is 0 Å². The van der Waals surface area contributed by atoms with Gasteiger partial charge in [0.25, 0.3) is 0 Å². The van der Waals surface area contributed by atoms with Gasteiger partial charge in [0.05, 0.1) is 0 Å². The Bertz CT molecular complexity index is 159. The van der Waals surface area contributed by atoms with Crippen molar-refractivity contribution < 1.29 is 0 Å². The molecule has 82 valence electrons. The molecule has 0 aliphatic heterocycles. The van der Waals surface area contributed by atoms with Crippen LogP contribution in [0.4, 0.5) is 0 Å². The summed E-state index contributed by atoms with van der Waals surface area (Å²) in [6.07, 6.45) is 16.2. The molecule has 0 fully saturated rings. The van der Waals surface area contributed by atoms with Crippen molar-refractivity contribution in [1.82, 2.24) is 0 Å². The van der Waals surface area contributed by atoms with Gasteiger partial charge in [0, 0.05) is 0 Å². The molecule has 0 unspecified atom stereocenters. The van der Waals surface area contributed by atoms with Crippen molar-refractivity contribution in [2.45, 2.75) is 65.7 Å². The van der Waals surface area contributed by atoms with Gasteiger partial charge in [-0.2, -0.15) is 0 Å². The van der Waals surface area contributed by atoms with Crippen molar-refractivity contribution in [3.63, 3.8) is 0 Å². The van der Waals surface area contributed by atoms with Crippen molar-refractivity contribution in [1.29, 1.82) is 0 Å². The molecule has 0 aromatic carbocycles. The smallest absolute Gasteiger partial charge is 0.0348 e. The Labute approximate surface area is 90.1 Å². The van der Waals surface area contributed by atoms with Gasteiger partial charge in [-0.25, -0.2) is 0 Å². The highest BCUT2D eigenvalue weighted by molar-refractivity contribution is 4.92. The van der Waals surface area contributed by atoms with Crippen LogP contribution in [0, 0.1) is 0 Å². The number of hydrogen-bond donors (Lipinski definition) is 0. The van der Waals surface area contributed by atoms with Crippen LogP contribution in [0.5, 0.6) is 0 Å². The lowest BCUT2D eigenvalue weighted by atomic mass is 10.1. The van der Waals surface area contributed by atoms with Gasteiger partial charge in [-0.1, -0.05) is 43.6 Å². The van der Waals surface area contributed by atoms with Crippen LogP contribution in [0.1, 0.15) is 65.7 Å². The fourth-order valence-electron chi connectivity index (χ4n) is 1.44. The van der Waals surface area contributed by atoms with E-state index in [1.165, 1.54) is 50.5 Å². The molecule has 0 saturated carbocycles. The molecule has 0 spiro atoms. The maximum Gasteiger partial charge on any atom is -0.0348 e. The molecular weight excluding hydrogens is 168 g/mol. The molecule has 0 N–H and O–H groups in total. The van der Waals surface area contributed by atoms with Crippen molar-refractivity contribution in [3.8, 4) is 0 Å². The number of rotatable bonds is 8. The van der Waals surface area contributed by atoms with Gasteiger partial charge in [0.1, 0.15) is 0 Å². The van der Waals surface area contributed by atoms with Crippen molar-refractivity contribution >= 4 is 0 Å². The molecule has 0 amide bonds. The maximum absolute atomic E-state index is 2.34. The Balaban J connectivity index is 3.06. The third-order valence-electron chi connectivity index (χ3n) is 2.28. The maximum atomic E-state index is 2.34. The van der Waals surface area contributed by atoms with Crippen LogP contribution in [0.15, 0.2) is 23.8 Å². The summed E-state index contributed by atoms with van der Waals surface area (Å²) in [5.74, 6) is 0. The van der Waals surface area contributed by atoms with Crippen LogP contribution in [-0.4, -0.2) is 0 Å². The van der Waals surface area contributed by atoms with Crippen molar-refractivity contribution in [2.75, 3.05) is 0 Å². The zero-order chi connectivity index (χ0) is 10.6. The summed E-state index contributed by atoms with van der Waals surface area (Å²) >= 11 is 0. The largest absolute Gasteiger partial charge is 0.0888 e. The summed E-state index contributed by atoms with van der Waals surface area (Å²) in [5, 5.41) is 0. The van der Waals surface area contributed by atoms with Gasteiger partial charge in [0.15, 0.2) is 0 Å². The van der Waals surface area contributed by atoms with Gasteiger partial charge in [-0.15, -0.1) is 0 Å². The highest BCUT2D eigenvalue weighted by Gasteiger charge is 1.87. The molecular formula is C14H26. The molecule has 0 aromatic heterocycles. The van der Waals surface area contributed by atoms with Gasteiger partial charge in [-0.3, -0.25) is 0 Å². The van der Waals surface area contributed by atoms with Crippen LogP contribution in [0.3, 0.4) is 0 Å². The second kappa shape index (κ2) is 10.6. The van der Waals surface area contributed by atoms with Crippen molar-refractivity contribution in [3.05, 3.63) is 23.8 Å². The Morgan fingerprint density at radius 2 is 1.50 bits per heavy atom. The minimum atomic E-state index is 1.18. The molecule has 14 heavy (non-hydrogen) atoms. The second-order valence-corrected chi connectivity index (χ2v) is 4.15. The Morgan fingerprint density at radius 3 is 2.07 bits per heavy atom. The lowest BCUT2D eigenvalue weighted by molar-refractivity contribution is 0.651. The monoisotopic (exact) mass is 194 g/mol. The van der Waals surface area contributed by atoms with E-state index >= 15 is 0 Å². The highest BCUT2D eigenvalue weighted by atomic mass is 13.9. The van der Waals surface area contributed by atoms with Gasteiger partial charge < -0.3 is 0 Å². The fraction of sp³-hybridized carbons (Fsp3) is 0.714. The summed E-state index contributed by atoms with van der Waals surface area (Å²) in [5.41, 5.74) is 1.45. The van der Waals surface area contributed by atoms with E-state index in [1.807, 2.05) is 0 Å². The Morgan fingerprint density at radius 1 is 0.857 bits per heavy atom. The average Bonchev–Trinajstić information content (AvgIpc) is 2.15. The summed E-state index contributed by atoms with van der Waals surface area (Å²) in [7, 11) is 0. The van der Waals surface area contributed by atoms with Gasteiger partial charge >= 0.3 is 0 Å². The first-order valence-electron chi connectivity index (χ1n) is 6.05. The molecule has 0 aliphatic rings. The molecule has 0 saturated heterocycles. The third kappa shape index (κ3) is 11.5. The summed E-state index contributed by atoms with van der Waals surface area (Å²) < 4.78 is 0. The third-order valence-corrected chi connectivity index (χ3v) is 2.28. The van der Waals surface area contributed by atoms with Crippen LogP contribution in [0.2, 0.25) is 0 Å². The van der Waals surface area contributed by atoms with Crippen LogP contribution >= 0.6 is 0 Å². The van der Waals surface area contributed by atoms with E-state index in [2.05, 4.69) is 39.0 Å². The zero-order valence-corrected chi connectivity index (χ0v) is 10.2. The molecule has 0 heterocycles. The predicted molar refractivity (Wildman–Crippen MR) is 66.6 cm³/mol. The molecule has 0 radical (unpaired) electrons. The molecule has 0 atom stereocenters. The van der Waals surface area contributed by atoms with Gasteiger partial charge in [0.2, 0.25) is 0 Å². The highest BCUT2D eigenvalue weighted by Crippen LogP contribution is 2.07. The van der Waals surface area contributed by atoms with E-state index in [-0.39, 0.29) is 0 Å². The first kappa shape index (κ1) is 13.5. The standard InChI is InChI=1S/C14H26/c1-4-5-6-7-8-9-10-11-12-13-14(2)3/h5-6,13H,4,7-12H2,1-3H3. The predicted octanol–water partition coefficient (Wildman–Crippen LogP) is 5.26. The minimum absolute atomic E-state index is 1.18. The minimum Gasteiger partial charge on any atom is -0.0888 e. The zero-order valence-electron chi connectivity index (χ0n) is 10.2. The lowest BCUT2D eigenvalue weighted by Gasteiger charge is -1.97. The number of allylic oxidation sites excluding steroid dienone is 4. The number of hydrogen-bond acceptors (Lipinski definition) is 0. The van der Waals surface area contributed by atoms with E-state index in [0.717, 1.165) is 0 Å². The van der Waals surface area contributed by atoms with E-state index in [1.54, 1.807) is 0 Å². The van der Waals surface area contributed by atoms with Crippen molar-refractivity contribution in [2.24, 2.45) is 0 Å². The summed E-state index contributed by atoms with van der Waals surface area (Å²) in [6.45, 7) is 6.54. The van der Waals surface area contributed by atoms with Gasteiger partial charge in [-0.05, 0) is 46.0 Å². The topological polar surface area (TPSA) is 0 Å². The summed E-state index contributed by atoms with van der Waals surface area (Å²) in [6, 6.07) is 0. The van der Waals surface area contributed by atoms with E-state index < -0.39 is 0 Å². The fourth-order valence-corrected chi connectivity index (χ4v) is 1.44. The number of unbranched alkanes of at least 4 members (excludes halogenated alkanes) is 5. The first-order chi connectivity index (χ1) is 6.77. The molecule has 0 aromatic rings. The normalized spacial score (nSPS) is 10.8. The molecule has 0 aliphatic carbocycles. The van der Waals surface area contributed by atoms with Crippen LogP contribution in [0.25, 0.3) is 0 Å². The van der Waals surface area contributed by atoms with E-state index in [4.69, 9.17) is 0 Å². The molecule has 0 heteroatoms. The Hall–Kier alpha value is -0.520. The molecule has 0 nitrogen and oxygen atoms in total. The quantitative estimate of drug-likeness (QED) is 0.365. The first-order valence-corrected chi connectivity index (χ1v) is 6.05. The SMILES string of the molecule is CCC=CCCCCCCC=C(C)C. The molecule has 0 bridgehead atoms. The van der Waals surface area contributed by atoms with Crippen LogP contribution < -0.4 is 0 Å². The van der Waals surface area contributed by atoms with Crippen LogP contribution in [-0.2, 0) is 0 Å². The van der Waals surface area contributed by atoms with E-state index in [9.17, 15) is 0 Å². The molecule has 0 rings (SSSR count). The lowest BCUT2D eigenvalue weighted by Crippen LogP contribution is -1.77. The Kier molecular flexibility index (Phi) is 10.2.